The molecule has 132 valence electrons. The predicted octanol–water partition coefficient (Wildman–Crippen LogP) is 6.12. The van der Waals surface area contributed by atoms with Gasteiger partial charge in [-0.3, -0.25) is 0 Å². The molecule has 7 heteroatoms. The van der Waals surface area contributed by atoms with Crippen LogP contribution in [0.5, 0.6) is 11.5 Å². The average molecular weight is 447 g/mol. The van der Waals surface area contributed by atoms with Crippen molar-refractivity contribution in [3.63, 3.8) is 0 Å². The largest absolute Gasteiger partial charge is 0.493 e. The summed E-state index contributed by atoms with van der Waals surface area (Å²) in [6.45, 7) is 2.46. The maximum atomic E-state index is 9.53. The minimum Gasteiger partial charge on any atom is -0.493 e. The topological polar surface area (TPSA) is 55.1 Å². The van der Waals surface area contributed by atoms with Crippen LogP contribution in [0.1, 0.15) is 12.5 Å². The van der Waals surface area contributed by atoms with Gasteiger partial charge in [-0.05, 0) is 70.5 Å². The predicted molar refractivity (Wildman–Crippen MR) is 111 cm³/mol. The fourth-order valence-corrected chi connectivity index (χ4v) is 4.88. The van der Waals surface area contributed by atoms with Gasteiger partial charge >= 0.3 is 0 Å². The van der Waals surface area contributed by atoms with Crippen LogP contribution in [0.3, 0.4) is 0 Å². The first-order valence-electron chi connectivity index (χ1n) is 7.80. The molecule has 0 spiro atoms. The van der Waals surface area contributed by atoms with Crippen molar-refractivity contribution >= 4 is 55.3 Å². The van der Waals surface area contributed by atoms with Gasteiger partial charge in [0, 0.05) is 0 Å². The molecule has 1 heterocycles. The monoisotopic (exact) mass is 446 g/mol. The number of fused-ring (bicyclic) bond motifs is 1. The molecule has 3 rings (SSSR count). The summed E-state index contributed by atoms with van der Waals surface area (Å²) in [5.74, 6) is 1.28. The van der Waals surface area contributed by atoms with Gasteiger partial charge < -0.3 is 9.47 Å². The number of nitrogens with zero attached hydrogens (tertiary/aromatic N) is 2. The molecule has 0 aliphatic rings. The molecule has 0 unspecified atom stereocenters. The van der Waals surface area contributed by atoms with Crippen molar-refractivity contribution < 1.29 is 9.47 Å². The van der Waals surface area contributed by atoms with Gasteiger partial charge in [-0.1, -0.05) is 12.1 Å². The van der Waals surface area contributed by atoms with E-state index in [0.717, 1.165) is 24.6 Å². The van der Waals surface area contributed by atoms with Crippen LogP contribution in [0.4, 0.5) is 0 Å². The summed E-state index contributed by atoms with van der Waals surface area (Å²) in [6, 6.07) is 13.9. The molecule has 0 aliphatic carbocycles. The molecule has 4 nitrogen and oxygen atoms in total. The number of hydrogen-bond acceptors (Lipinski definition) is 6. The van der Waals surface area contributed by atoms with E-state index in [-0.39, 0.29) is 0 Å². The maximum Gasteiger partial charge on any atom is 0.175 e. The molecular weight excluding hydrogens is 432 g/mol. The number of thiazole rings is 1. The van der Waals surface area contributed by atoms with Crippen LogP contribution in [0, 0.1) is 11.3 Å². The average Bonchev–Trinajstić information content (AvgIpc) is 3.05. The van der Waals surface area contributed by atoms with E-state index in [4.69, 9.17) is 9.47 Å². The van der Waals surface area contributed by atoms with Gasteiger partial charge in [0.15, 0.2) is 15.8 Å². The third kappa shape index (κ3) is 4.21. The van der Waals surface area contributed by atoms with Crippen molar-refractivity contribution in [1.82, 2.24) is 4.98 Å². The molecule has 0 atom stereocenters. The second-order valence-corrected chi connectivity index (χ2v) is 8.31. The highest BCUT2D eigenvalue weighted by atomic mass is 79.9. The lowest BCUT2D eigenvalue weighted by Gasteiger charge is -2.12. The number of para-hydroxylation sites is 1. The standard InChI is InChI=1S/C19H15BrN2O2S2/c1-3-24-18-14(20)9-12(10-16(18)23-2)8-13(11-21)25-19-22-15-6-4-5-7-17(15)26-19/h4-10H,3H2,1-2H3. The van der Waals surface area contributed by atoms with Crippen molar-refractivity contribution in [1.29, 1.82) is 5.26 Å². The lowest BCUT2D eigenvalue weighted by atomic mass is 10.2. The van der Waals surface area contributed by atoms with E-state index < -0.39 is 0 Å². The van der Waals surface area contributed by atoms with E-state index in [2.05, 4.69) is 27.0 Å². The first-order valence-corrected chi connectivity index (χ1v) is 10.2. The lowest BCUT2D eigenvalue weighted by Crippen LogP contribution is -1.97. The number of methoxy groups -OCH3 is 1. The number of hydrogen-bond donors (Lipinski definition) is 0. The molecule has 0 amide bonds. The van der Waals surface area contributed by atoms with Crippen LogP contribution in [0.2, 0.25) is 0 Å². The van der Waals surface area contributed by atoms with Crippen LogP contribution < -0.4 is 9.47 Å². The Bertz CT molecular complexity index is 975. The Balaban J connectivity index is 1.91. The maximum absolute atomic E-state index is 9.53. The van der Waals surface area contributed by atoms with Gasteiger partial charge in [0.2, 0.25) is 0 Å². The summed E-state index contributed by atoms with van der Waals surface area (Å²) >= 11 is 6.45. The Morgan fingerprint density at radius 1 is 1.38 bits per heavy atom. The van der Waals surface area contributed by atoms with E-state index in [9.17, 15) is 5.26 Å². The second kappa shape index (κ2) is 8.58. The Morgan fingerprint density at radius 3 is 2.88 bits per heavy atom. The first kappa shape index (κ1) is 18.8. The SMILES string of the molecule is CCOc1c(Br)cc(C=C(C#N)Sc2nc3ccccc3s2)cc1OC. The number of thioether (sulfide) groups is 1. The molecular formula is C19H15BrN2O2S2. The summed E-state index contributed by atoms with van der Waals surface area (Å²) in [6.07, 6.45) is 1.82. The fraction of sp³-hybridized carbons (Fsp3) is 0.158. The first-order chi connectivity index (χ1) is 12.6. The number of aromatic nitrogens is 1. The third-order valence-electron chi connectivity index (χ3n) is 3.42. The molecule has 0 aliphatic heterocycles. The minimum atomic E-state index is 0.543. The molecule has 0 saturated heterocycles. The normalized spacial score (nSPS) is 11.4. The van der Waals surface area contributed by atoms with E-state index >= 15 is 0 Å². The van der Waals surface area contributed by atoms with Gasteiger partial charge in [-0.25, -0.2) is 4.98 Å². The molecule has 0 saturated carbocycles. The Morgan fingerprint density at radius 2 is 2.19 bits per heavy atom. The highest BCUT2D eigenvalue weighted by Gasteiger charge is 2.12. The van der Waals surface area contributed by atoms with Gasteiger partial charge in [0.1, 0.15) is 6.07 Å². The van der Waals surface area contributed by atoms with Crippen molar-refractivity contribution in [2.75, 3.05) is 13.7 Å². The Labute approximate surface area is 168 Å². The summed E-state index contributed by atoms with van der Waals surface area (Å²) in [5, 5.41) is 9.53. The summed E-state index contributed by atoms with van der Waals surface area (Å²) < 4.78 is 13.7. The Hall–Kier alpha value is -2.01. The van der Waals surface area contributed by atoms with Crippen molar-refractivity contribution in [2.24, 2.45) is 0 Å². The van der Waals surface area contributed by atoms with E-state index in [1.54, 1.807) is 18.4 Å². The number of halogens is 1. The molecule has 0 N–H and O–H groups in total. The minimum absolute atomic E-state index is 0.543. The molecule has 0 radical (unpaired) electrons. The summed E-state index contributed by atoms with van der Waals surface area (Å²) in [5.41, 5.74) is 1.80. The van der Waals surface area contributed by atoms with E-state index in [1.165, 1.54) is 11.8 Å². The third-order valence-corrected chi connectivity index (χ3v) is 6.03. The molecule has 0 bridgehead atoms. The molecule has 3 aromatic rings. The molecule has 0 fully saturated rings. The smallest absolute Gasteiger partial charge is 0.175 e. The lowest BCUT2D eigenvalue weighted by molar-refractivity contribution is 0.309. The number of rotatable bonds is 6. The fourth-order valence-electron chi connectivity index (χ4n) is 2.33. The zero-order valence-corrected chi connectivity index (χ0v) is 17.4. The number of ether oxygens (including phenoxy) is 2. The van der Waals surface area contributed by atoms with Gasteiger partial charge in [-0.2, -0.15) is 5.26 Å². The van der Waals surface area contributed by atoms with Crippen molar-refractivity contribution in [3.8, 4) is 17.6 Å². The summed E-state index contributed by atoms with van der Waals surface area (Å²) in [4.78, 5) is 5.12. The van der Waals surface area contributed by atoms with Gasteiger partial charge in [0.25, 0.3) is 0 Å². The van der Waals surface area contributed by atoms with Crippen LogP contribution in [0.25, 0.3) is 16.3 Å². The number of benzene rings is 2. The molecule has 1 aromatic heterocycles. The van der Waals surface area contributed by atoms with E-state index in [0.29, 0.717) is 23.0 Å². The quantitative estimate of drug-likeness (QED) is 0.337. The van der Waals surface area contributed by atoms with Crippen LogP contribution in [-0.2, 0) is 0 Å². The highest BCUT2D eigenvalue weighted by Crippen LogP contribution is 2.39. The van der Waals surface area contributed by atoms with Crippen LogP contribution in [0.15, 0.2) is 50.1 Å². The van der Waals surface area contributed by atoms with Crippen molar-refractivity contribution in [3.05, 3.63) is 51.3 Å². The van der Waals surface area contributed by atoms with Crippen molar-refractivity contribution in [2.45, 2.75) is 11.3 Å². The molecule has 26 heavy (non-hydrogen) atoms. The van der Waals surface area contributed by atoms with Gasteiger partial charge in [0.05, 0.1) is 33.3 Å². The highest BCUT2D eigenvalue weighted by molar-refractivity contribution is 9.10. The summed E-state index contributed by atoms with van der Waals surface area (Å²) in [7, 11) is 1.60. The van der Waals surface area contributed by atoms with Gasteiger partial charge in [-0.15, -0.1) is 11.3 Å². The number of nitriles is 1. The van der Waals surface area contributed by atoms with Crippen LogP contribution in [-0.4, -0.2) is 18.7 Å². The molecule has 2 aromatic carbocycles. The Kier molecular flexibility index (Phi) is 6.20. The number of allylic oxidation sites excluding steroid dienone is 1. The van der Waals surface area contributed by atoms with E-state index in [1.807, 2.05) is 49.4 Å². The van der Waals surface area contributed by atoms with Crippen LogP contribution >= 0.6 is 39.0 Å². The zero-order chi connectivity index (χ0) is 18.5. The zero-order valence-electron chi connectivity index (χ0n) is 14.2. The second-order valence-electron chi connectivity index (χ2n) is 5.14.